The Bertz CT molecular complexity index is 72.5. The lowest BCUT2D eigenvalue weighted by atomic mass is 10.1. The van der Waals surface area contributed by atoms with Gasteiger partial charge in [-0.2, -0.15) is 0 Å². The predicted octanol–water partition coefficient (Wildman–Crippen LogP) is -0.418. The Labute approximate surface area is 49.7 Å². The van der Waals surface area contributed by atoms with Gasteiger partial charge in [0.1, 0.15) is 0 Å². The molecule has 2 aliphatic rings. The molecule has 2 nitrogen and oxygen atoms in total. The molecule has 0 aromatic rings. The van der Waals surface area contributed by atoms with Gasteiger partial charge in [-0.25, -0.2) is 5.32 Å². The van der Waals surface area contributed by atoms with E-state index < -0.39 is 0 Å². The highest BCUT2D eigenvalue weighted by atomic mass is 15.1. The standard InChI is InChI=1S/C6H11N2/c1-2-8-6-4-7-3-5(1)6/h5-6,8H,1-4H2. The normalized spacial score (nSPS) is 45.0. The third-order valence-electron chi connectivity index (χ3n) is 2.18. The lowest BCUT2D eigenvalue weighted by molar-refractivity contribution is 0.555. The average Bonchev–Trinajstić information content (AvgIpc) is 2.15. The van der Waals surface area contributed by atoms with E-state index in [0.29, 0.717) is 0 Å². The molecule has 0 aliphatic carbocycles. The second-order valence-corrected chi connectivity index (χ2v) is 2.70. The van der Waals surface area contributed by atoms with Crippen LogP contribution in [0.4, 0.5) is 0 Å². The van der Waals surface area contributed by atoms with E-state index in [4.69, 9.17) is 0 Å². The first kappa shape index (κ1) is 4.77. The van der Waals surface area contributed by atoms with Gasteiger partial charge in [-0.1, -0.05) is 0 Å². The number of nitrogens with one attached hydrogen (secondary N) is 1. The van der Waals surface area contributed by atoms with Crippen molar-refractivity contribution in [1.82, 2.24) is 10.6 Å². The summed E-state index contributed by atoms with van der Waals surface area (Å²) in [6, 6.07) is 0.759. The van der Waals surface area contributed by atoms with Gasteiger partial charge in [-0.05, 0) is 18.9 Å². The van der Waals surface area contributed by atoms with Gasteiger partial charge in [0.05, 0.1) is 0 Å². The van der Waals surface area contributed by atoms with Crippen molar-refractivity contribution in [1.29, 1.82) is 0 Å². The van der Waals surface area contributed by atoms with Gasteiger partial charge in [-0.3, -0.25) is 0 Å². The van der Waals surface area contributed by atoms with E-state index in [1.807, 2.05) is 0 Å². The quantitative estimate of drug-likeness (QED) is 0.451. The molecule has 2 heterocycles. The van der Waals surface area contributed by atoms with Crippen LogP contribution in [0.2, 0.25) is 0 Å². The minimum atomic E-state index is 0.759. The van der Waals surface area contributed by atoms with Crippen molar-refractivity contribution in [3.63, 3.8) is 0 Å². The van der Waals surface area contributed by atoms with E-state index in [-0.39, 0.29) is 0 Å². The van der Waals surface area contributed by atoms with Crippen LogP contribution < -0.4 is 10.6 Å². The highest BCUT2D eigenvalue weighted by Gasteiger charge is 2.31. The molecule has 0 bridgehead atoms. The Morgan fingerprint density at radius 2 is 2.38 bits per heavy atom. The molecule has 2 fully saturated rings. The summed E-state index contributed by atoms with van der Waals surface area (Å²) in [5.74, 6) is 0.898. The summed E-state index contributed by atoms with van der Waals surface area (Å²) in [5.41, 5.74) is 0. The van der Waals surface area contributed by atoms with Gasteiger partial charge in [0.25, 0.3) is 0 Å². The largest absolute Gasteiger partial charge is 0.312 e. The fourth-order valence-corrected chi connectivity index (χ4v) is 1.63. The Balaban J connectivity index is 2.04. The van der Waals surface area contributed by atoms with Crippen LogP contribution in [0.15, 0.2) is 0 Å². The van der Waals surface area contributed by atoms with Gasteiger partial charge in [0, 0.05) is 19.1 Å². The van der Waals surface area contributed by atoms with Crippen molar-refractivity contribution in [2.75, 3.05) is 19.6 Å². The highest BCUT2D eigenvalue weighted by Crippen LogP contribution is 2.18. The van der Waals surface area contributed by atoms with Crippen LogP contribution in [-0.4, -0.2) is 25.7 Å². The Morgan fingerprint density at radius 3 is 3.25 bits per heavy atom. The molecule has 1 radical (unpaired) electrons. The van der Waals surface area contributed by atoms with Crippen molar-refractivity contribution in [3.8, 4) is 0 Å². The van der Waals surface area contributed by atoms with Gasteiger partial charge in [0.15, 0.2) is 0 Å². The van der Waals surface area contributed by atoms with Crippen LogP contribution in [-0.2, 0) is 0 Å². The average molecular weight is 111 g/mol. The van der Waals surface area contributed by atoms with Gasteiger partial charge >= 0.3 is 0 Å². The molecule has 1 N–H and O–H groups in total. The fraction of sp³-hybridized carbons (Fsp3) is 1.00. The number of nitrogens with zero attached hydrogens (tertiary/aromatic N) is 1. The highest BCUT2D eigenvalue weighted by molar-refractivity contribution is 4.91. The zero-order valence-electron chi connectivity index (χ0n) is 4.93. The summed E-state index contributed by atoms with van der Waals surface area (Å²) in [5, 5.41) is 7.73. The summed E-state index contributed by atoms with van der Waals surface area (Å²) in [4.78, 5) is 0. The molecule has 0 amide bonds. The molecule has 0 aromatic carbocycles. The lowest BCUT2D eigenvalue weighted by Gasteiger charge is -2.03. The Hall–Kier alpha value is -0.0800. The van der Waals surface area contributed by atoms with E-state index in [2.05, 4.69) is 10.6 Å². The maximum atomic E-state index is 4.31. The molecule has 2 rings (SSSR count). The van der Waals surface area contributed by atoms with E-state index >= 15 is 0 Å². The van der Waals surface area contributed by atoms with Gasteiger partial charge in [-0.15, -0.1) is 0 Å². The molecule has 8 heavy (non-hydrogen) atoms. The van der Waals surface area contributed by atoms with Crippen molar-refractivity contribution < 1.29 is 0 Å². The molecule has 2 atom stereocenters. The topological polar surface area (TPSA) is 26.1 Å². The second kappa shape index (κ2) is 1.71. The molecule has 45 valence electrons. The minimum absolute atomic E-state index is 0.759. The van der Waals surface area contributed by atoms with Gasteiger partial charge < -0.3 is 5.32 Å². The Morgan fingerprint density at radius 1 is 1.38 bits per heavy atom. The molecule has 0 spiro atoms. The molecule has 0 aromatic heterocycles. The van der Waals surface area contributed by atoms with Crippen molar-refractivity contribution in [2.45, 2.75) is 12.5 Å². The molecule has 2 unspecified atom stereocenters. The van der Waals surface area contributed by atoms with E-state index in [1.165, 1.54) is 13.0 Å². The summed E-state index contributed by atoms with van der Waals surface area (Å²) in [6.45, 7) is 3.42. The number of rotatable bonds is 0. The smallest absolute Gasteiger partial charge is 0.0290 e. The molecule has 2 saturated heterocycles. The third kappa shape index (κ3) is 0.565. The number of fused-ring (bicyclic) bond motifs is 1. The summed E-state index contributed by atoms with van der Waals surface area (Å²) >= 11 is 0. The van der Waals surface area contributed by atoms with Crippen LogP contribution in [0, 0.1) is 5.92 Å². The summed E-state index contributed by atoms with van der Waals surface area (Å²) < 4.78 is 0. The van der Waals surface area contributed by atoms with Gasteiger partial charge in [0.2, 0.25) is 0 Å². The Kier molecular flexibility index (Phi) is 1.02. The summed E-state index contributed by atoms with van der Waals surface area (Å²) in [6.07, 6.45) is 1.36. The predicted molar refractivity (Wildman–Crippen MR) is 31.8 cm³/mol. The van der Waals surface area contributed by atoms with E-state index in [1.54, 1.807) is 0 Å². The minimum Gasteiger partial charge on any atom is -0.312 e. The lowest BCUT2D eigenvalue weighted by Crippen LogP contribution is -2.26. The maximum Gasteiger partial charge on any atom is 0.0290 e. The molecular formula is C6H11N2. The van der Waals surface area contributed by atoms with Crippen molar-refractivity contribution in [3.05, 3.63) is 0 Å². The zero-order valence-corrected chi connectivity index (χ0v) is 4.93. The molecule has 2 aliphatic heterocycles. The fourth-order valence-electron chi connectivity index (χ4n) is 1.63. The number of hydrogen-bond donors (Lipinski definition) is 1. The third-order valence-corrected chi connectivity index (χ3v) is 2.18. The van der Waals surface area contributed by atoms with E-state index in [0.717, 1.165) is 25.0 Å². The molecular weight excluding hydrogens is 100 g/mol. The van der Waals surface area contributed by atoms with Crippen LogP contribution in [0.5, 0.6) is 0 Å². The second-order valence-electron chi connectivity index (χ2n) is 2.70. The zero-order chi connectivity index (χ0) is 5.40. The van der Waals surface area contributed by atoms with Crippen LogP contribution in [0.1, 0.15) is 6.42 Å². The van der Waals surface area contributed by atoms with Crippen LogP contribution >= 0.6 is 0 Å². The van der Waals surface area contributed by atoms with Crippen LogP contribution in [0.3, 0.4) is 0 Å². The maximum absolute atomic E-state index is 4.31. The monoisotopic (exact) mass is 111 g/mol. The van der Waals surface area contributed by atoms with E-state index in [9.17, 15) is 0 Å². The first-order valence-electron chi connectivity index (χ1n) is 3.33. The summed E-state index contributed by atoms with van der Waals surface area (Å²) in [7, 11) is 0. The first-order valence-corrected chi connectivity index (χ1v) is 3.33. The first-order chi connectivity index (χ1) is 3.97. The molecule has 0 saturated carbocycles. The SMILES string of the molecule is C1CC2C[N]CC2N1. The van der Waals surface area contributed by atoms with Crippen molar-refractivity contribution >= 4 is 0 Å². The van der Waals surface area contributed by atoms with Crippen LogP contribution in [0.25, 0.3) is 0 Å². The molecule has 2 heteroatoms. The number of hydrogen-bond acceptors (Lipinski definition) is 1. The van der Waals surface area contributed by atoms with Crippen molar-refractivity contribution in [2.24, 2.45) is 5.92 Å².